The van der Waals surface area contributed by atoms with Gasteiger partial charge in [-0.25, -0.2) is 8.42 Å². The Labute approximate surface area is 157 Å². The van der Waals surface area contributed by atoms with Crippen molar-refractivity contribution in [2.45, 2.75) is 32.6 Å². The second kappa shape index (κ2) is 9.34. The second-order valence-electron chi connectivity index (χ2n) is 6.71. The number of benzene rings is 1. The first kappa shape index (κ1) is 20.7. The normalized spacial score (nSPS) is 22.2. The van der Waals surface area contributed by atoms with Crippen molar-refractivity contribution in [2.24, 2.45) is 4.99 Å². The van der Waals surface area contributed by atoms with Gasteiger partial charge in [-0.1, -0.05) is 30.3 Å². The summed E-state index contributed by atoms with van der Waals surface area (Å²) >= 11 is 0. The summed E-state index contributed by atoms with van der Waals surface area (Å²) in [5.41, 5.74) is 1.17. The third-order valence-electron chi connectivity index (χ3n) is 4.26. The van der Waals surface area contributed by atoms with E-state index in [1.165, 1.54) is 9.87 Å². The third-order valence-corrected chi connectivity index (χ3v) is 6.06. The van der Waals surface area contributed by atoms with E-state index in [1.54, 1.807) is 7.05 Å². The minimum absolute atomic E-state index is 0.0324. The number of ether oxygens (including phenoxy) is 1. The fraction of sp³-hybridized carbons (Fsp3) is 0.611. The molecule has 0 aliphatic carbocycles. The van der Waals surface area contributed by atoms with Gasteiger partial charge in [0.05, 0.1) is 18.0 Å². The van der Waals surface area contributed by atoms with E-state index in [0.717, 1.165) is 0 Å². The second-order valence-corrected chi connectivity index (χ2v) is 8.79. The molecule has 1 saturated heterocycles. The van der Waals surface area contributed by atoms with E-state index in [4.69, 9.17) is 4.74 Å². The maximum Gasteiger partial charge on any atom is 0.216 e. The van der Waals surface area contributed by atoms with Crippen LogP contribution < -0.4 is 5.32 Å². The highest BCUT2D eigenvalue weighted by Crippen LogP contribution is 2.14. The maximum absolute atomic E-state index is 12.6. The number of sulfonamides is 1. The third kappa shape index (κ3) is 5.96. The molecular formula is C18H30N4O3S. The molecule has 7 nitrogen and oxygen atoms in total. The minimum atomic E-state index is -3.32. The molecule has 26 heavy (non-hydrogen) atoms. The van der Waals surface area contributed by atoms with E-state index >= 15 is 0 Å². The van der Waals surface area contributed by atoms with Crippen molar-refractivity contribution in [2.75, 3.05) is 39.5 Å². The molecule has 1 fully saturated rings. The van der Waals surface area contributed by atoms with E-state index < -0.39 is 10.0 Å². The first-order valence-electron chi connectivity index (χ1n) is 8.91. The molecule has 1 aliphatic rings. The van der Waals surface area contributed by atoms with Gasteiger partial charge < -0.3 is 15.0 Å². The van der Waals surface area contributed by atoms with Crippen LogP contribution in [0.5, 0.6) is 0 Å². The van der Waals surface area contributed by atoms with E-state index in [1.807, 2.05) is 44.0 Å². The smallest absolute Gasteiger partial charge is 0.216 e. The first-order chi connectivity index (χ1) is 12.3. The molecule has 0 aromatic heterocycles. The highest BCUT2D eigenvalue weighted by molar-refractivity contribution is 7.89. The largest absolute Gasteiger partial charge is 0.373 e. The van der Waals surface area contributed by atoms with Crippen molar-refractivity contribution in [1.29, 1.82) is 0 Å². The Hall–Kier alpha value is -1.64. The molecule has 1 aromatic rings. The molecule has 2 rings (SSSR count). The van der Waals surface area contributed by atoms with Crippen LogP contribution in [0.15, 0.2) is 35.3 Å². The quantitative estimate of drug-likeness (QED) is 0.590. The van der Waals surface area contributed by atoms with Gasteiger partial charge in [0.15, 0.2) is 5.96 Å². The topological polar surface area (TPSA) is 74.2 Å². The molecular weight excluding hydrogens is 352 g/mol. The van der Waals surface area contributed by atoms with Crippen LogP contribution in [-0.4, -0.2) is 75.3 Å². The summed E-state index contributed by atoms with van der Waals surface area (Å²) in [6, 6.07) is 10.1. The fourth-order valence-corrected chi connectivity index (χ4v) is 4.59. The Morgan fingerprint density at radius 3 is 2.46 bits per heavy atom. The van der Waals surface area contributed by atoms with Crippen LogP contribution in [-0.2, 0) is 21.3 Å². The number of nitrogens with zero attached hydrogens (tertiary/aromatic N) is 3. The average Bonchev–Trinajstić information content (AvgIpc) is 2.58. The highest BCUT2D eigenvalue weighted by Gasteiger charge is 2.30. The van der Waals surface area contributed by atoms with E-state index in [0.29, 0.717) is 32.1 Å². The number of rotatable bonds is 6. The molecule has 8 heteroatoms. The minimum Gasteiger partial charge on any atom is -0.373 e. The van der Waals surface area contributed by atoms with Crippen molar-refractivity contribution >= 4 is 16.0 Å². The predicted molar refractivity (Wildman–Crippen MR) is 105 cm³/mol. The van der Waals surface area contributed by atoms with Crippen LogP contribution in [0.1, 0.15) is 19.4 Å². The molecule has 0 saturated carbocycles. The zero-order valence-corrected chi connectivity index (χ0v) is 16.9. The first-order valence-corrected chi connectivity index (χ1v) is 10.5. The molecule has 2 atom stereocenters. The zero-order chi connectivity index (χ0) is 19.2. The molecule has 1 N–H and O–H groups in total. The van der Waals surface area contributed by atoms with Gasteiger partial charge in [0, 0.05) is 40.3 Å². The Bertz CT molecular complexity index is 684. The van der Waals surface area contributed by atoms with Crippen LogP contribution in [0.2, 0.25) is 0 Å². The van der Waals surface area contributed by atoms with Crippen LogP contribution in [0, 0.1) is 0 Å². The molecule has 1 heterocycles. The van der Waals surface area contributed by atoms with Gasteiger partial charge in [-0.05, 0) is 19.4 Å². The van der Waals surface area contributed by atoms with Gasteiger partial charge in [-0.15, -0.1) is 0 Å². The summed E-state index contributed by atoms with van der Waals surface area (Å²) in [5, 5.41) is 3.15. The van der Waals surface area contributed by atoms with E-state index in [2.05, 4.69) is 22.4 Å². The van der Waals surface area contributed by atoms with Gasteiger partial charge >= 0.3 is 0 Å². The van der Waals surface area contributed by atoms with Crippen molar-refractivity contribution in [3.8, 4) is 0 Å². The lowest BCUT2D eigenvalue weighted by Crippen LogP contribution is -2.50. The summed E-state index contributed by atoms with van der Waals surface area (Å²) in [5.74, 6) is 0.706. The van der Waals surface area contributed by atoms with Crippen LogP contribution in [0.3, 0.4) is 0 Å². The standard InChI is InChI=1S/C18H30N4O3S/c1-15-12-22(13-16(2)25-15)26(23,24)11-10-20-18(19-3)21(4)14-17-8-6-5-7-9-17/h5-9,15-16H,10-14H2,1-4H3,(H,19,20). The maximum atomic E-state index is 12.6. The SMILES string of the molecule is CN=C(NCCS(=O)(=O)N1CC(C)OC(C)C1)N(C)Cc1ccccc1. The lowest BCUT2D eigenvalue weighted by molar-refractivity contribution is -0.0440. The number of aliphatic imine (C=N–C) groups is 1. The van der Waals surface area contributed by atoms with Gasteiger partial charge in [-0.3, -0.25) is 4.99 Å². The van der Waals surface area contributed by atoms with Crippen LogP contribution in [0.25, 0.3) is 0 Å². The number of hydrogen-bond donors (Lipinski definition) is 1. The van der Waals surface area contributed by atoms with Crippen LogP contribution in [0.4, 0.5) is 0 Å². The van der Waals surface area contributed by atoms with E-state index in [9.17, 15) is 8.42 Å². The predicted octanol–water partition coefficient (Wildman–Crippen LogP) is 1.13. The summed E-state index contributed by atoms with van der Waals surface area (Å²) in [6.45, 7) is 5.64. The Balaban J connectivity index is 1.86. The van der Waals surface area contributed by atoms with E-state index in [-0.39, 0.29) is 18.0 Å². The van der Waals surface area contributed by atoms with Crippen molar-refractivity contribution < 1.29 is 13.2 Å². The molecule has 0 radical (unpaired) electrons. The lowest BCUT2D eigenvalue weighted by Gasteiger charge is -2.34. The van der Waals surface area contributed by atoms with Crippen molar-refractivity contribution in [3.63, 3.8) is 0 Å². The Morgan fingerprint density at radius 1 is 1.27 bits per heavy atom. The summed E-state index contributed by atoms with van der Waals surface area (Å²) in [6.07, 6.45) is -0.155. The Morgan fingerprint density at radius 2 is 1.88 bits per heavy atom. The molecule has 0 amide bonds. The average molecular weight is 383 g/mol. The number of hydrogen-bond acceptors (Lipinski definition) is 4. The summed E-state index contributed by atoms with van der Waals surface area (Å²) in [4.78, 5) is 6.22. The molecule has 1 aromatic carbocycles. The summed E-state index contributed by atoms with van der Waals surface area (Å²) < 4.78 is 32.3. The van der Waals surface area contributed by atoms with Crippen LogP contribution >= 0.6 is 0 Å². The van der Waals surface area contributed by atoms with Crippen molar-refractivity contribution in [3.05, 3.63) is 35.9 Å². The zero-order valence-electron chi connectivity index (χ0n) is 16.1. The molecule has 0 bridgehead atoms. The summed E-state index contributed by atoms with van der Waals surface area (Å²) in [7, 11) is 0.310. The van der Waals surface area contributed by atoms with Gasteiger partial charge in [0.2, 0.25) is 10.0 Å². The highest BCUT2D eigenvalue weighted by atomic mass is 32.2. The van der Waals surface area contributed by atoms with Gasteiger partial charge in [0.25, 0.3) is 0 Å². The molecule has 0 spiro atoms. The fourth-order valence-electron chi connectivity index (χ4n) is 3.10. The number of morpholine rings is 1. The Kier molecular flexibility index (Phi) is 7.43. The molecule has 2 unspecified atom stereocenters. The van der Waals surface area contributed by atoms with Gasteiger partial charge in [0.1, 0.15) is 0 Å². The number of nitrogens with one attached hydrogen (secondary N) is 1. The molecule has 146 valence electrons. The number of guanidine groups is 1. The monoisotopic (exact) mass is 382 g/mol. The molecule has 1 aliphatic heterocycles. The lowest BCUT2D eigenvalue weighted by atomic mass is 10.2. The van der Waals surface area contributed by atoms with Gasteiger partial charge in [-0.2, -0.15) is 4.31 Å². The van der Waals surface area contributed by atoms with Crippen molar-refractivity contribution in [1.82, 2.24) is 14.5 Å².